The number of unbranched alkanes of at least 4 members (excludes halogenated alkanes) is 1. The van der Waals surface area contributed by atoms with Crippen molar-refractivity contribution in [2.24, 2.45) is 29.6 Å². The number of hydrogen-bond acceptors (Lipinski definition) is 9. The lowest BCUT2D eigenvalue weighted by Crippen LogP contribution is -2.36. The molecule has 2 rings (SSSR count). The minimum absolute atomic E-state index is 0.00951. The number of carbonyl (C=O) groups excluding carboxylic acids is 2. The quantitative estimate of drug-likeness (QED) is 0.0356. The summed E-state index contributed by atoms with van der Waals surface area (Å²) in [4.78, 5) is 27.6. The molecule has 1 amide bonds. The molecule has 0 radical (unpaired) electrons. The van der Waals surface area contributed by atoms with Crippen molar-refractivity contribution in [1.82, 2.24) is 5.32 Å². The number of methoxy groups -OCH3 is 1. The zero-order valence-corrected chi connectivity index (χ0v) is 34.6. The molecule has 0 aliphatic heterocycles. The van der Waals surface area contributed by atoms with Gasteiger partial charge in [0.1, 0.15) is 5.78 Å². The Labute approximate surface area is 328 Å². The summed E-state index contributed by atoms with van der Waals surface area (Å²) in [5.41, 5.74) is 0. The van der Waals surface area contributed by atoms with Gasteiger partial charge in [-0.15, -0.1) is 0 Å². The van der Waals surface area contributed by atoms with Crippen LogP contribution in [0.4, 0.5) is 0 Å². The molecular weight excluding hydrogens is 691 g/mol. The number of thiocarbonyl (C=S) groups is 1. The molecule has 9 nitrogen and oxygen atoms in total. The lowest BCUT2D eigenvalue weighted by Gasteiger charge is -2.31. The Morgan fingerprint density at radius 1 is 0.811 bits per heavy atom. The zero-order chi connectivity index (χ0) is 38.5. The lowest BCUT2D eigenvalue weighted by molar-refractivity contribution is -0.126. The number of ether oxygens (including phenoxy) is 4. The summed E-state index contributed by atoms with van der Waals surface area (Å²) in [5, 5.41) is 26.3. The van der Waals surface area contributed by atoms with E-state index in [1.165, 1.54) is 51.4 Å². The van der Waals surface area contributed by atoms with Gasteiger partial charge >= 0.3 is 0 Å². The van der Waals surface area contributed by atoms with E-state index < -0.39 is 12.2 Å². The number of rotatable bonds is 32. The smallest absolute Gasteiger partial charge is 0.223 e. The minimum Gasteiger partial charge on any atom is -0.393 e. The Kier molecular flexibility index (Phi) is 27.9. The van der Waals surface area contributed by atoms with Crippen LogP contribution in [0, 0.1) is 29.6 Å². The van der Waals surface area contributed by atoms with E-state index in [1.807, 2.05) is 19.1 Å². The zero-order valence-electron chi connectivity index (χ0n) is 33.7. The van der Waals surface area contributed by atoms with Gasteiger partial charge in [-0.25, -0.2) is 0 Å². The van der Waals surface area contributed by atoms with Gasteiger partial charge in [0.05, 0.1) is 58.5 Å². The van der Waals surface area contributed by atoms with Crippen molar-refractivity contribution < 1.29 is 38.7 Å². The third-order valence-corrected chi connectivity index (χ3v) is 11.6. The van der Waals surface area contributed by atoms with E-state index in [4.69, 9.17) is 31.2 Å². The molecule has 0 aromatic carbocycles. The lowest BCUT2D eigenvalue weighted by atomic mass is 9.76. The Balaban J connectivity index is 1.96. The molecule has 53 heavy (non-hydrogen) atoms. The Morgan fingerprint density at radius 3 is 1.94 bits per heavy atom. The maximum atomic E-state index is 13.6. The molecule has 2 aliphatic rings. The van der Waals surface area contributed by atoms with Crippen molar-refractivity contribution in [3.05, 3.63) is 12.2 Å². The number of aliphatic hydroxyl groups is 2. The topological polar surface area (TPSA) is 124 Å². The number of hydrogen-bond donors (Lipinski definition) is 3. The first-order chi connectivity index (χ1) is 25.8. The molecule has 0 heterocycles. The number of allylic oxidation sites excluding steroid dienone is 2. The van der Waals surface area contributed by atoms with Crippen molar-refractivity contribution in [3.8, 4) is 0 Å². The van der Waals surface area contributed by atoms with E-state index in [0.29, 0.717) is 96.7 Å². The van der Waals surface area contributed by atoms with Crippen molar-refractivity contribution >= 4 is 28.8 Å². The first-order valence-corrected chi connectivity index (χ1v) is 21.7. The van der Waals surface area contributed by atoms with E-state index in [0.717, 1.165) is 43.4 Å². The SMILES string of the molecule is C/C=C/CC(CC(O)C(CC(=O)CCC(O)C(CC(=S)COCCOCCOCCOC)CC1CCCCC1)CC1CCCCC1)C(=O)NCCCC. The van der Waals surface area contributed by atoms with E-state index in [1.54, 1.807) is 7.11 Å². The van der Waals surface area contributed by atoms with Gasteiger partial charge in [0, 0.05) is 37.3 Å². The predicted octanol–water partition coefficient (Wildman–Crippen LogP) is 7.97. The largest absolute Gasteiger partial charge is 0.393 e. The number of Topliss-reactive ketones (excluding diaryl/α,β-unsaturated/α-hetero) is 1. The van der Waals surface area contributed by atoms with Crippen LogP contribution in [0.25, 0.3) is 0 Å². The van der Waals surface area contributed by atoms with Gasteiger partial charge < -0.3 is 34.5 Å². The fourth-order valence-corrected chi connectivity index (χ4v) is 8.44. The second-order valence-corrected chi connectivity index (χ2v) is 16.4. The maximum absolute atomic E-state index is 13.6. The monoisotopic (exact) mass is 768 g/mol. The summed E-state index contributed by atoms with van der Waals surface area (Å²) in [6, 6.07) is 0. The number of amides is 1. The number of carbonyl (C=O) groups is 2. The molecule has 2 fully saturated rings. The highest BCUT2D eigenvalue weighted by molar-refractivity contribution is 7.80. The van der Waals surface area contributed by atoms with E-state index in [9.17, 15) is 19.8 Å². The molecule has 2 saturated carbocycles. The summed E-state index contributed by atoms with van der Waals surface area (Å²) in [5.74, 6) is 0.639. The summed E-state index contributed by atoms with van der Waals surface area (Å²) in [6.07, 6.45) is 20.8. The number of nitrogens with one attached hydrogen (secondary N) is 1. The average molecular weight is 768 g/mol. The fraction of sp³-hybridized carbons (Fsp3) is 0.884. The maximum Gasteiger partial charge on any atom is 0.223 e. The average Bonchev–Trinajstić information content (AvgIpc) is 3.16. The van der Waals surface area contributed by atoms with E-state index >= 15 is 0 Å². The summed E-state index contributed by atoms with van der Waals surface area (Å²) in [6.45, 7) is 8.08. The molecule has 10 heteroatoms. The van der Waals surface area contributed by atoms with Gasteiger partial charge in [0.2, 0.25) is 5.91 Å². The van der Waals surface area contributed by atoms with Crippen LogP contribution in [-0.4, -0.2) is 98.9 Å². The standard InChI is InChI=1S/C43H77NO8S/c1-4-6-18-36(43(48)44-21-7-5-2)32-42(47)37(28-34-14-10-8-11-15-34)30-39(45)19-20-41(46)38(29-35-16-12-9-13-17-35)31-40(53)33-52-27-26-51-25-24-50-23-22-49-3/h4,6,34-38,41-42,46-47H,5,7-33H2,1-3H3,(H,44,48)/b6-4+. The Bertz CT molecular complexity index is 983. The molecular formula is C43H77NO8S. The first-order valence-electron chi connectivity index (χ1n) is 21.3. The third-order valence-electron chi connectivity index (χ3n) is 11.3. The predicted molar refractivity (Wildman–Crippen MR) is 217 cm³/mol. The van der Waals surface area contributed by atoms with E-state index in [2.05, 4.69) is 12.2 Å². The molecule has 3 N–H and O–H groups in total. The Morgan fingerprint density at radius 2 is 1.38 bits per heavy atom. The van der Waals surface area contributed by atoms with E-state index in [-0.39, 0.29) is 35.9 Å². The summed E-state index contributed by atoms with van der Waals surface area (Å²) in [7, 11) is 1.65. The van der Waals surface area contributed by atoms with Gasteiger partial charge in [-0.3, -0.25) is 9.59 Å². The van der Waals surface area contributed by atoms with Crippen LogP contribution in [0.2, 0.25) is 0 Å². The minimum atomic E-state index is -0.728. The number of ketones is 1. The number of aliphatic hydroxyl groups excluding tert-OH is 2. The molecule has 5 atom stereocenters. The van der Waals surface area contributed by atoms with Crippen LogP contribution < -0.4 is 5.32 Å². The van der Waals surface area contributed by atoms with Crippen LogP contribution in [0.5, 0.6) is 0 Å². The van der Waals surface area contributed by atoms with Crippen molar-refractivity contribution in [2.45, 2.75) is 154 Å². The van der Waals surface area contributed by atoms with Gasteiger partial charge in [-0.1, -0.05) is 102 Å². The Hall–Kier alpha value is -1.27. The van der Waals surface area contributed by atoms with Crippen molar-refractivity contribution in [3.63, 3.8) is 0 Å². The molecule has 308 valence electrons. The van der Waals surface area contributed by atoms with Crippen molar-refractivity contribution in [1.29, 1.82) is 0 Å². The van der Waals surface area contributed by atoms with Crippen LogP contribution in [0.1, 0.15) is 142 Å². The van der Waals surface area contributed by atoms with Crippen LogP contribution >= 0.6 is 12.2 Å². The summed E-state index contributed by atoms with van der Waals surface area (Å²) < 4.78 is 21.8. The van der Waals surface area contributed by atoms with Crippen LogP contribution in [-0.2, 0) is 28.5 Å². The van der Waals surface area contributed by atoms with Gasteiger partial charge in [0.25, 0.3) is 0 Å². The molecule has 2 aliphatic carbocycles. The molecule has 0 bridgehead atoms. The highest BCUT2D eigenvalue weighted by Gasteiger charge is 2.31. The normalized spacial score (nSPS) is 18.8. The molecule has 0 saturated heterocycles. The highest BCUT2D eigenvalue weighted by Crippen LogP contribution is 2.35. The van der Waals surface area contributed by atoms with Crippen LogP contribution in [0.3, 0.4) is 0 Å². The molecule has 0 aromatic heterocycles. The fourth-order valence-electron chi connectivity index (χ4n) is 8.14. The van der Waals surface area contributed by atoms with Gasteiger partial charge in [-0.05, 0) is 75.5 Å². The molecule has 5 unspecified atom stereocenters. The second kappa shape index (κ2) is 30.9. The van der Waals surface area contributed by atoms with Gasteiger partial charge in [-0.2, -0.15) is 0 Å². The van der Waals surface area contributed by atoms with Gasteiger partial charge in [0.15, 0.2) is 0 Å². The third kappa shape index (κ3) is 22.8. The van der Waals surface area contributed by atoms with Crippen molar-refractivity contribution in [2.75, 3.05) is 59.9 Å². The summed E-state index contributed by atoms with van der Waals surface area (Å²) >= 11 is 5.75. The molecule has 0 aromatic rings. The van der Waals surface area contributed by atoms with Crippen LogP contribution in [0.15, 0.2) is 12.2 Å². The second-order valence-electron chi connectivity index (χ2n) is 15.8. The highest BCUT2D eigenvalue weighted by atomic mass is 32.1. The first kappa shape index (κ1) is 47.9. The molecule has 0 spiro atoms.